The third-order valence-corrected chi connectivity index (χ3v) is 2.88. The molecule has 1 radical (unpaired) electrons. The van der Waals surface area contributed by atoms with Gasteiger partial charge < -0.3 is 0 Å². The van der Waals surface area contributed by atoms with Crippen LogP contribution in [0.4, 0.5) is 0 Å². The normalized spacial score (nSPS) is 13.6. The van der Waals surface area contributed by atoms with E-state index in [1.165, 1.54) is 37.7 Å². The van der Waals surface area contributed by atoms with Crippen LogP contribution in [0.2, 0.25) is 0 Å². The van der Waals surface area contributed by atoms with Gasteiger partial charge in [0, 0.05) is 0 Å². The van der Waals surface area contributed by atoms with Crippen molar-refractivity contribution in [2.75, 3.05) is 0 Å². The fraction of sp³-hybridized carbons (Fsp3) is 0.688. The van der Waals surface area contributed by atoms with Gasteiger partial charge in [-0.1, -0.05) is 43.6 Å². The van der Waals surface area contributed by atoms with E-state index >= 15 is 0 Å². The minimum Gasteiger partial charge on any atom is -0.0856 e. The Kier molecular flexibility index (Phi) is 9.37. The van der Waals surface area contributed by atoms with Crippen molar-refractivity contribution in [3.05, 3.63) is 30.2 Å². The minimum absolute atomic E-state index is 0.843. The highest BCUT2D eigenvalue weighted by Crippen LogP contribution is 2.14. The molecule has 0 saturated carbocycles. The second kappa shape index (κ2) is 9.69. The van der Waals surface area contributed by atoms with Crippen molar-refractivity contribution in [2.24, 2.45) is 5.92 Å². The highest BCUT2D eigenvalue weighted by atomic mass is 14.0. The fourth-order valence-corrected chi connectivity index (χ4v) is 1.79. The van der Waals surface area contributed by atoms with Crippen LogP contribution < -0.4 is 0 Å². The first-order chi connectivity index (χ1) is 7.56. The Labute approximate surface area is 103 Å². The summed E-state index contributed by atoms with van der Waals surface area (Å²) in [6.07, 6.45) is 11.9. The highest BCUT2D eigenvalue weighted by molar-refractivity contribution is 5.03. The molecule has 0 aliphatic rings. The molecule has 0 aromatic rings. The maximum Gasteiger partial charge on any atom is -0.0288 e. The summed E-state index contributed by atoms with van der Waals surface area (Å²) in [6, 6.07) is 0. The van der Waals surface area contributed by atoms with Gasteiger partial charge in [0.05, 0.1) is 0 Å². The zero-order valence-electron chi connectivity index (χ0n) is 11.7. The third kappa shape index (κ3) is 10.0. The van der Waals surface area contributed by atoms with Crippen molar-refractivity contribution < 1.29 is 0 Å². The van der Waals surface area contributed by atoms with Crippen LogP contribution in [-0.4, -0.2) is 0 Å². The Morgan fingerprint density at radius 3 is 2.25 bits per heavy atom. The van der Waals surface area contributed by atoms with Gasteiger partial charge in [0.25, 0.3) is 0 Å². The highest BCUT2D eigenvalue weighted by Gasteiger charge is 1.95. The van der Waals surface area contributed by atoms with E-state index in [0.717, 1.165) is 12.3 Å². The fourth-order valence-electron chi connectivity index (χ4n) is 1.79. The molecule has 0 bridgehead atoms. The van der Waals surface area contributed by atoms with E-state index in [9.17, 15) is 0 Å². The van der Waals surface area contributed by atoms with E-state index < -0.39 is 0 Å². The van der Waals surface area contributed by atoms with Crippen LogP contribution in [-0.2, 0) is 0 Å². The molecule has 0 amide bonds. The predicted octanol–water partition coefficient (Wildman–Crippen LogP) is 5.71. The average molecular weight is 221 g/mol. The Balaban J connectivity index is 3.66. The van der Waals surface area contributed by atoms with Crippen molar-refractivity contribution in [1.29, 1.82) is 0 Å². The summed E-state index contributed by atoms with van der Waals surface area (Å²) in [5, 5.41) is 0. The molecule has 0 unspecified atom stereocenters. The lowest BCUT2D eigenvalue weighted by Crippen LogP contribution is -1.87. The van der Waals surface area contributed by atoms with Crippen LogP contribution in [0.3, 0.4) is 0 Å². The molecule has 16 heavy (non-hydrogen) atoms. The van der Waals surface area contributed by atoms with Crippen LogP contribution in [0.25, 0.3) is 0 Å². The molecular formula is C16H29. The maximum absolute atomic E-state index is 3.83. The van der Waals surface area contributed by atoms with Crippen LogP contribution in [0.15, 0.2) is 23.3 Å². The van der Waals surface area contributed by atoms with Gasteiger partial charge in [-0.25, -0.2) is 0 Å². The molecule has 0 aliphatic heterocycles. The Hall–Kier alpha value is -0.520. The SMILES string of the molecule is [CH2]CC=C(C)CCC=C(C)CCCC(C)C. The summed E-state index contributed by atoms with van der Waals surface area (Å²) in [5.41, 5.74) is 3.03. The minimum atomic E-state index is 0.843. The number of allylic oxidation sites excluding steroid dienone is 4. The lowest BCUT2D eigenvalue weighted by Gasteiger charge is -2.05. The molecular weight excluding hydrogens is 192 g/mol. The molecule has 0 saturated heterocycles. The summed E-state index contributed by atoms with van der Waals surface area (Å²) < 4.78 is 0. The molecule has 0 N–H and O–H groups in total. The number of rotatable bonds is 8. The standard InChI is InChI=1S/C16H29/c1-6-9-15(4)12-8-13-16(5)11-7-10-14(2)3/h9,13-14H,1,6-8,10-12H2,2-5H3. The predicted molar refractivity (Wildman–Crippen MR) is 75.4 cm³/mol. The van der Waals surface area contributed by atoms with Crippen LogP contribution in [0, 0.1) is 12.8 Å². The van der Waals surface area contributed by atoms with E-state index in [-0.39, 0.29) is 0 Å². The second-order valence-electron chi connectivity index (χ2n) is 5.21. The molecule has 0 heteroatoms. The van der Waals surface area contributed by atoms with Crippen molar-refractivity contribution in [2.45, 2.75) is 66.2 Å². The maximum atomic E-state index is 3.83. The quantitative estimate of drug-likeness (QED) is 0.460. The van der Waals surface area contributed by atoms with Gasteiger partial charge in [0.1, 0.15) is 0 Å². The second-order valence-corrected chi connectivity index (χ2v) is 5.21. The Morgan fingerprint density at radius 2 is 1.69 bits per heavy atom. The monoisotopic (exact) mass is 221 g/mol. The molecule has 0 aliphatic carbocycles. The summed E-state index contributed by atoms with van der Waals surface area (Å²) in [5.74, 6) is 0.843. The van der Waals surface area contributed by atoms with Gasteiger partial charge in [-0.15, -0.1) is 0 Å². The molecule has 0 aromatic heterocycles. The van der Waals surface area contributed by atoms with Gasteiger partial charge in [-0.3, -0.25) is 0 Å². The van der Waals surface area contributed by atoms with Crippen molar-refractivity contribution >= 4 is 0 Å². The van der Waals surface area contributed by atoms with Crippen molar-refractivity contribution in [3.8, 4) is 0 Å². The van der Waals surface area contributed by atoms with Gasteiger partial charge in [0.2, 0.25) is 0 Å². The first-order valence-electron chi connectivity index (χ1n) is 6.66. The van der Waals surface area contributed by atoms with Gasteiger partial charge in [-0.2, -0.15) is 0 Å². The molecule has 0 rings (SSSR count). The lowest BCUT2D eigenvalue weighted by atomic mass is 10.0. The molecule has 93 valence electrons. The van der Waals surface area contributed by atoms with E-state index in [4.69, 9.17) is 0 Å². The first kappa shape index (κ1) is 15.5. The van der Waals surface area contributed by atoms with Crippen LogP contribution in [0.1, 0.15) is 66.2 Å². The Bertz CT molecular complexity index is 218. The molecule has 0 heterocycles. The van der Waals surface area contributed by atoms with Crippen LogP contribution in [0.5, 0.6) is 0 Å². The molecule has 0 atom stereocenters. The molecule has 0 nitrogen and oxygen atoms in total. The molecule has 0 fully saturated rings. The van der Waals surface area contributed by atoms with Crippen LogP contribution >= 0.6 is 0 Å². The summed E-state index contributed by atoms with van der Waals surface area (Å²) in [6.45, 7) is 12.9. The summed E-state index contributed by atoms with van der Waals surface area (Å²) in [7, 11) is 0. The van der Waals surface area contributed by atoms with Gasteiger partial charge in [0.15, 0.2) is 0 Å². The number of hydrogen-bond acceptors (Lipinski definition) is 0. The Morgan fingerprint density at radius 1 is 1.06 bits per heavy atom. The third-order valence-electron chi connectivity index (χ3n) is 2.88. The first-order valence-corrected chi connectivity index (χ1v) is 6.66. The lowest BCUT2D eigenvalue weighted by molar-refractivity contribution is 0.554. The molecule has 0 spiro atoms. The van der Waals surface area contributed by atoms with E-state index in [1.807, 2.05) is 0 Å². The summed E-state index contributed by atoms with van der Waals surface area (Å²) in [4.78, 5) is 0. The topological polar surface area (TPSA) is 0 Å². The average Bonchev–Trinajstić information content (AvgIpc) is 2.17. The molecule has 0 aromatic carbocycles. The zero-order chi connectivity index (χ0) is 12.4. The van der Waals surface area contributed by atoms with Gasteiger partial charge in [-0.05, 0) is 58.8 Å². The smallest absolute Gasteiger partial charge is 0.0288 e. The zero-order valence-corrected chi connectivity index (χ0v) is 11.7. The van der Waals surface area contributed by atoms with Crippen molar-refractivity contribution in [1.82, 2.24) is 0 Å². The van der Waals surface area contributed by atoms with E-state index in [2.05, 4.69) is 46.8 Å². The van der Waals surface area contributed by atoms with Crippen molar-refractivity contribution in [3.63, 3.8) is 0 Å². The number of hydrogen-bond donors (Lipinski definition) is 0. The van der Waals surface area contributed by atoms with E-state index in [1.54, 1.807) is 5.57 Å². The largest absolute Gasteiger partial charge is 0.0856 e. The summed E-state index contributed by atoms with van der Waals surface area (Å²) >= 11 is 0. The van der Waals surface area contributed by atoms with Gasteiger partial charge >= 0.3 is 0 Å². The van der Waals surface area contributed by atoms with E-state index in [0.29, 0.717) is 0 Å².